The monoisotopic (exact) mass is 359 g/mol. The number of benzene rings is 2. The van der Waals surface area contributed by atoms with Crippen molar-refractivity contribution >= 4 is 0 Å². The van der Waals surface area contributed by atoms with Gasteiger partial charge in [0.2, 0.25) is 0 Å². The SMILES string of the molecule is CCC(CCCOCc1ccccc1)c1cccc(Cc2ccccc2)n1. The molecular formula is C25H29NO. The Labute approximate surface area is 163 Å². The predicted octanol–water partition coefficient (Wildman–Crippen LogP) is 6.16. The maximum atomic E-state index is 5.83. The van der Waals surface area contributed by atoms with Crippen molar-refractivity contribution in [3.63, 3.8) is 0 Å². The van der Waals surface area contributed by atoms with Crippen LogP contribution in [0.1, 0.15) is 54.6 Å². The Morgan fingerprint density at radius 3 is 2.22 bits per heavy atom. The van der Waals surface area contributed by atoms with Gasteiger partial charge in [0.05, 0.1) is 6.61 Å². The summed E-state index contributed by atoms with van der Waals surface area (Å²) < 4.78 is 5.83. The Kier molecular flexibility index (Phi) is 7.61. The maximum Gasteiger partial charge on any atom is 0.0716 e. The van der Waals surface area contributed by atoms with Gasteiger partial charge in [-0.15, -0.1) is 0 Å². The van der Waals surface area contributed by atoms with Crippen LogP contribution < -0.4 is 0 Å². The van der Waals surface area contributed by atoms with Crippen molar-refractivity contribution in [2.75, 3.05) is 6.61 Å². The summed E-state index contributed by atoms with van der Waals surface area (Å²) in [7, 11) is 0. The number of aromatic nitrogens is 1. The Morgan fingerprint density at radius 1 is 0.815 bits per heavy atom. The lowest BCUT2D eigenvalue weighted by Gasteiger charge is -2.15. The summed E-state index contributed by atoms with van der Waals surface area (Å²) in [5, 5.41) is 0. The molecule has 0 saturated heterocycles. The first-order chi connectivity index (χ1) is 13.3. The Hall–Kier alpha value is -2.45. The summed E-state index contributed by atoms with van der Waals surface area (Å²) in [5.74, 6) is 0.501. The second-order valence-corrected chi connectivity index (χ2v) is 7.00. The maximum absolute atomic E-state index is 5.83. The van der Waals surface area contributed by atoms with Crippen LogP contribution in [0.2, 0.25) is 0 Å². The van der Waals surface area contributed by atoms with E-state index in [1.54, 1.807) is 0 Å². The van der Waals surface area contributed by atoms with Gasteiger partial charge < -0.3 is 4.74 Å². The molecule has 1 unspecified atom stereocenters. The Balaban J connectivity index is 1.49. The quantitative estimate of drug-likeness (QED) is 0.404. The number of rotatable bonds is 10. The molecule has 0 aliphatic rings. The summed E-state index contributed by atoms with van der Waals surface area (Å²) in [6.07, 6.45) is 4.19. The van der Waals surface area contributed by atoms with Gasteiger partial charge in [0.15, 0.2) is 0 Å². The molecule has 3 rings (SSSR count). The van der Waals surface area contributed by atoms with Crippen LogP contribution in [0.4, 0.5) is 0 Å². The number of nitrogens with zero attached hydrogens (tertiary/aromatic N) is 1. The van der Waals surface area contributed by atoms with Crippen molar-refractivity contribution in [1.82, 2.24) is 4.98 Å². The van der Waals surface area contributed by atoms with Crippen LogP contribution in [-0.4, -0.2) is 11.6 Å². The fraction of sp³-hybridized carbons (Fsp3) is 0.320. The van der Waals surface area contributed by atoms with Crippen LogP contribution in [0.15, 0.2) is 78.9 Å². The molecule has 0 radical (unpaired) electrons. The van der Waals surface area contributed by atoms with E-state index >= 15 is 0 Å². The van der Waals surface area contributed by atoms with E-state index in [-0.39, 0.29) is 0 Å². The van der Waals surface area contributed by atoms with Gasteiger partial charge in [-0.05, 0) is 42.5 Å². The average Bonchev–Trinajstić information content (AvgIpc) is 2.72. The average molecular weight is 360 g/mol. The fourth-order valence-corrected chi connectivity index (χ4v) is 3.39. The highest BCUT2D eigenvalue weighted by Crippen LogP contribution is 2.24. The van der Waals surface area contributed by atoms with Gasteiger partial charge in [-0.25, -0.2) is 0 Å². The molecule has 3 aromatic rings. The summed E-state index contributed by atoms with van der Waals surface area (Å²) in [5.41, 5.74) is 4.91. The van der Waals surface area contributed by atoms with Crippen LogP contribution in [0.25, 0.3) is 0 Å². The third-order valence-electron chi connectivity index (χ3n) is 4.92. The van der Waals surface area contributed by atoms with Crippen LogP contribution in [0.3, 0.4) is 0 Å². The van der Waals surface area contributed by atoms with E-state index in [9.17, 15) is 0 Å². The highest BCUT2D eigenvalue weighted by Gasteiger charge is 2.11. The molecule has 2 aromatic carbocycles. The molecule has 0 aliphatic heterocycles. The molecule has 0 spiro atoms. The molecule has 1 aromatic heterocycles. The molecular weight excluding hydrogens is 330 g/mol. The van der Waals surface area contributed by atoms with E-state index < -0.39 is 0 Å². The molecule has 0 bridgehead atoms. The summed E-state index contributed by atoms with van der Waals surface area (Å²) in [6, 6.07) is 27.4. The molecule has 2 heteroatoms. The van der Waals surface area contributed by atoms with Crippen molar-refractivity contribution in [1.29, 1.82) is 0 Å². The highest BCUT2D eigenvalue weighted by atomic mass is 16.5. The molecule has 1 heterocycles. The van der Waals surface area contributed by atoms with Gasteiger partial charge in [-0.3, -0.25) is 4.98 Å². The number of hydrogen-bond acceptors (Lipinski definition) is 2. The lowest BCUT2D eigenvalue weighted by Crippen LogP contribution is -2.05. The minimum Gasteiger partial charge on any atom is -0.377 e. The van der Waals surface area contributed by atoms with Gasteiger partial charge in [0.1, 0.15) is 0 Å². The molecule has 0 saturated carbocycles. The van der Waals surface area contributed by atoms with Crippen LogP contribution in [0, 0.1) is 0 Å². The van der Waals surface area contributed by atoms with Crippen molar-refractivity contribution < 1.29 is 4.74 Å². The first-order valence-electron chi connectivity index (χ1n) is 9.96. The van der Waals surface area contributed by atoms with E-state index in [1.165, 1.54) is 16.8 Å². The topological polar surface area (TPSA) is 22.1 Å². The molecule has 0 N–H and O–H groups in total. The summed E-state index contributed by atoms with van der Waals surface area (Å²) in [4.78, 5) is 4.94. The highest BCUT2D eigenvalue weighted by molar-refractivity contribution is 5.23. The van der Waals surface area contributed by atoms with Gasteiger partial charge in [0, 0.05) is 30.3 Å². The van der Waals surface area contributed by atoms with E-state index in [2.05, 4.69) is 79.7 Å². The Bertz CT molecular complexity index is 786. The standard InChI is InChI=1S/C25H29NO/c1-2-23(15-10-18-27-20-22-13-7-4-8-14-22)25-17-9-16-24(26-25)19-21-11-5-3-6-12-21/h3-9,11-14,16-17,23H,2,10,15,18-20H2,1H3. The predicted molar refractivity (Wildman–Crippen MR) is 112 cm³/mol. The van der Waals surface area contributed by atoms with Crippen molar-refractivity contribution in [3.05, 3.63) is 101 Å². The van der Waals surface area contributed by atoms with E-state index in [0.717, 1.165) is 38.0 Å². The third kappa shape index (κ3) is 6.33. The van der Waals surface area contributed by atoms with Crippen LogP contribution in [-0.2, 0) is 17.8 Å². The number of hydrogen-bond donors (Lipinski definition) is 0. The fourth-order valence-electron chi connectivity index (χ4n) is 3.39. The van der Waals surface area contributed by atoms with E-state index in [0.29, 0.717) is 12.5 Å². The molecule has 0 fully saturated rings. The summed E-state index contributed by atoms with van der Waals surface area (Å²) in [6.45, 7) is 3.75. The van der Waals surface area contributed by atoms with Crippen LogP contribution in [0.5, 0.6) is 0 Å². The number of pyridine rings is 1. The van der Waals surface area contributed by atoms with E-state index in [1.807, 2.05) is 6.07 Å². The summed E-state index contributed by atoms with van der Waals surface area (Å²) >= 11 is 0. The smallest absolute Gasteiger partial charge is 0.0716 e. The lowest BCUT2D eigenvalue weighted by atomic mass is 9.95. The molecule has 2 nitrogen and oxygen atoms in total. The molecule has 0 amide bonds. The third-order valence-corrected chi connectivity index (χ3v) is 4.92. The normalized spacial score (nSPS) is 12.0. The van der Waals surface area contributed by atoms with Gasteiger partial charge in [-0.2, -0.15) is 0 Å². The largest absolute Gasteiger partial charge is 0.377 e. The molecule has 140 valence electrons. The van der Waals surface area contributed by atoms with Crippen molar-refractivity contribution in [3.8, 4) is 0 Å². The van der Waals surface area contributed by atoms with E-state index in [4.69, 9.17) is 9.72 Å². The molecule has 1 atom stereocenters. The van der Waals surface area contributed by atoms with Gasteiger partial charge in [0.25, 0.3) is 0 Å². The first kappa shape index (κ1) is 19.3. The lowest BCUT2D eigenvalue weighted by molar-refractivity contribution is 0.115. The minimum absolute atomic E-state index is 0.501. The van der Waals surface area contributed by atoms with Gasteiger partial charge in [-0.1, -0.05) is 73.7 Å². The second-order valence-electron chi connectivity index (χ2n) is 7.00. The Morgan fingerprint density at radius 2 is 1.52 bits per heavy atom. The molecule has 0 aliphatic carbocycles. The zero-order valence-corrected chi connectivity index (χ0v) is 16.2. The van der Waals surface area contributed by atoms with Crippen molar-refractivity contribution in [2.24, 2.45) is 0 Å². The number of ether oxygens (including phenoxy) is 1. The molecule has 27 heavy (non-hydrogen) atoms. The zero-order chi connectivity index (χ0) is 18.7. The second kappa shape index (κ2) is 10.6. The zero-order valence-electron chi connectivity index (χ0n) is 16.2. The van der Waals surface area contributed by atoms with Crippen LogP contribution >= 0.6 is 0 Å². The van der Waals surface area contributed by atoms with Crippen molar-refractivity contribution in [2.45, 2.75) is 45.1 Å². The first-order valence-corrected chi connectivity index (χ1v) is 9.96. The van der Waals surface area contributed by atoms with Gasteiger partial charge >= 0.3 is 0 Å². The minimum atomic E-state index is 0.501.